The summed E-state index contributed by atoms with van der Waals surface area (Å²) in [5.74, 6) is -0.00575. The van der Waals surface area contributed by atoms with E-state index in [0.717, 1.165) is 5.56 Å². The molecule has 0 bridgehead atoms. The van der Waals surface area contributed by atoms with Crippen LogP contribution >= 0.6 is 0 Å². The van der Waals surface area contributed by atoms with Gasteiger partial charge in [0.15, 0.2) is 15.6 Å². The van der Waals surface area contributed by atoms with E-state index in [1.807, 2.05) is 12.1 Å². The zero-order valence-electron chi connectivity index (χ0n) is 13.0. The zero-order chi connectivity index (χ0) is 16.3. The van der Waals surface area contributed by atoms with Crippen molar-refractivity contribution in [3.05, 3.63) is 65.7 Å². The standard InChI is InChI=1S/C18H20O3S/c1-13(2)15-9-11-16(12-10-15)18(19)14(3)22(20,21)17-7-5-4-6-8-17/h4-14H,1-3H3. The lowest BCUT2D eigenvalue weighted by Crippen LogP contribution is -2.27. The molecule has 0 aliphatic carbocycles. The molecule has 116 valence electrons. The molecule has 0 aromatic heterocycles. The van der Waals surface area contributed by atoms with E-state index in [-0.39, 0.29) is 10.7 Å². The molecule has 0 N–H and O–H groups in total. The highest BCUT2D eigenvalue weighted by molar-refractivity contribution is 7.92. The molecule has 0 fully saturated rings. The van der Waals surface area contributed by atoms with Gasteiger partial charge in [-0.15, -0.1) is 0 Å². The second-order valence-corrected chi connectivity index (χ2v) is 7.91. The van der Waals surface area contributed by atoms with Gasteiger partial charge in [-0.25, -0.2) is 8.42 Å². The van der Waals surface area contributed by atoms with Gasteiger partial charge in [0.1, 0.15) is 5.25 Å². The van der Waals surface area contributed by atoms with Crippen LogP contribution < -0.4 is 0 Å². The van der Waals surface area contributed by atoms with Crippen molar-refractivity contribution >= 4 is 15.6 Å². The van der Waals surface area contributed by atoms with Gasteiger partial charge in [0.25, 0.3) is 0 Å². The maximum absolute atomic E-state index is 12.5. The number of rotatable bonds is 5. The first-order valence-electron chi connectivity index (χ1n) is 7.27. The quantitative estimate of drug-likeness (QED) is 0.787. The van der Waals surface area contributed by atoms with Crippen molar-refractivity contribution in [2.45, 2.75) is 36.8 Å². The molecule has 0 radical (unpaired) electrons. The van der Waals surface area contributed by atoms with Gasteiger partial charge in [-0.3, -0.25) is 4.79 Å². The Bertz CT molecular complexity index is 745. The van der Waals surface area contributed by atoms with Crippen LogP contribution in [0.4, 0.5) is 0 Å². The fraction of sp³-hybridized carbons (Fsp3) is 0.278. The predicted molar refractivity (Wildman–Crippen MR) is 88.0 cm³/mol. The number of carbonyl (C=O) groups is 1. The molecular weight excluding hydrogens is 296 g/mol. The minimum Gasteiger partial charge on any atom is -0.293 e. The maximum atomic E-state index is 12.5. The molecule has 0 saturated carbocycles. The Kier molecular flexibility index (Phi) is 4.81. The van der Waals surface area contributed by atoms with Crippen LogP contribution in [0.5, 0.6) is 0 Å². The third-order valence-electron chi connectivity index (χ3n) is 3.77. The molecule has 2 rings (SSSR count). The maximum Gasteiger partial charge on any atom is 0.188 e. The summed E-state index contributed by atoms with van der Waals surface area (Å²) in [6.07, 6.45) is 0. The fourth-order valence-corrected chi connectivity index (χ4v) is 3.58. The summed E-state index contributed by atoms with van der Waals surface area (Å²) in [5.41, 5.74) is 1.55. The van der Waals surface area contributed by atoms with Crippen LogP contribution in [0.2, 0.25) is 0 Å². The Morgan fingerprint density at radius 3 is 1.91 bits per heavy atom. The Hall–Kier alpha value is -1.94. The van der Waals surface area contributed by atoms with E-state index in [0.29, 0.717) is 11.5 Å². The first-order chi connectivity index (χ1) is 10.3. The smallest absolute Gasteiger partial charge is 0.188 e. The van der Waals surface area contributed by atoms with Gasteiger partial charge in [-0.05, 0) is 30.5 Å². The lowest BCUT2D eigenvalue weighted by atomic mass is 10.00. The lowest BCUT2D eigenvalue weighted by Gasteiger charge is -2.13. The molecule has 0 heterocycles. The molecule has 3 nitrogen and oxygen atoms in total. The molecule has 4 heteroatoms. The van der Waals surface area contributed by atoms with Crippen LogP contribution in [-0.2, 0) is 9.84 Å². The third-order valence-corrected chi connectivity index (χ3v) is 5.84. The fourth-order valence-electron chi connectivity index (χ4n) is 2.22. The number of Topliss-reactive ketones (excluding diaryl/α,β-unsaturated/α-hetero) is 1. The van der Waals surface area contributed by atoms with Gasteiger partial charge in [-0.2, -0.15) is 0 Å². The van der Waals surface area contributed by atoms with Crippen molar-refractivity contribution in [2.75, 3.05) is 0 Å². The van der Waals surface area contributed by atoms with Gasteiger partial charge in [0, 0.05) is 5.56 Å². The second-order valence-electron chi connectivity index (χ2n) is 5.64. The van der Waals surface area contributed by atoms with E-state index in [9.17, 15) is 13.2 Å². The van der Waals surface area contributed by atoms with Crippen molar-refractivity contribution in [1.82, 2.24) is 0 Å². The molecule has 1 unspecified atom stereocenters. The van der Waals surface area contributed by atoms with Crippen LogP contribution in [-0.4, -0.2) is 19.5 Å². The highest BCUT2D eigenvalue weighted by atomic mass is 32.2. The largest absolute Gasteiger partial charge is 0.293 e. The lowest BCUT2D eigenvalue weighted by molar-refractivity contribution is 0.0991. The Morgan fingerprint density at radius 1 is 0.864 bits per heavy atom. The van der Waals surface area contributed by atoms with Crippen molar-refractivity contribution in [1.29, 1.82) is 0 Å². The molecule has 2 aromatic carbocycles. The summed E-state index contributed by atoms with van der Waals surface area (Å²) in [4.78, 5) is 12.6. The summed E-state index contributed by atoms with van der Waals surface area (Å²) in [6, 6.07) is 15.2. The minimum atomic E-state index is -3.66. The van der Waals surface area contributed by atoms with Crippen molar-refractivity contribution in [3.8, 4) is 0 Å². The average Bonchev–Trinajstić information content (AvgIpc) is 2.54. The van der Waals surface area contributed by atoms with E-state index in [2.05, 4.69) is 13.8 Å². The number of hydrogen-bond acceptors (Lipinski definition) is 3. The topological polar surface area (TPSA) is 51.2 Å². The highest BCUT2D eigenvalue weighted by Gasteiger charge is 2.30. The van der Waals surface area contributed by atoms with Crippen LogP contribution in [0.15, 0.2) is 59.5 Å². The molecule has 0 amide bonds. The van der Waals surface area contributed by atoms with Gasteiger partial charge in [0.2, 0.25) is 0 Å². The van der Waals surface area contributed by atoms with E-state index < -0.39 is 15.1 Å². The molecular formula is C18H20O3S. The van der Waals surface area contributed by atoms with Gasteiger partial charge >= 0.3 is 0 Å². The molecule has 1 atom stereocenters. The summed E-state index contributed by atoms with van der Waals surface area (Å²) in [7, 11) is -3.66. The van der Waals surface area contributed by atoms with E-state index in [1.54, 1.807) is 30.3 Å². The number of sulfone groups is 1. The normalized spacial score (nSPS) is 13.1. The second kappa shape index (κ2) is 6.44. The Balaban J connectivity index is 2.29. The predicted octanol–water partition coefficient (Wildman–Crippen LogP) is 3.86. The molecule has 22 heavy (non-hydrogen) atoms. The minimum absolute atomic E-state index is 0.176. The van der Waals surface area contributed by atoms with Crippen molar-refractivity contribution < 1.29 is 13.2 Å². The SMILES string of the molecule is CC(C)c1ccc(C(=O)C(C)S(=O)(=O)c2ccccc2)cc1. The molecule has 0 aliphatic rings. The number of ketones is 1. The average molecular weight is 316 g/mol. The van der Waals surface area contributed by atoms with E-state index in [1.165, 1.54) is 19.1 Å². The zero-order valence-corrected chi connectivity index (χ0v) is 13.8. The van der Waals surface area contributed by atoms with Crippen LogP contribution in [0, 0.1) is 0 Å². The van der Waals surface area contributed by atoms with Crippen LogP contribution in [0.3, 0.4) is 0 Å². The van der Waals surface area contributed by atoms with Gasteiger partial charge in [-0.1, -0.05) is 56.3 Å². The molecule has 0 spiro atoms. The first-order valence-corrected chi connectivity index (χ1v) is 8.82. The number of benzene rings is 2. The van der Waals surface area contributed by atoms with Crippen molar-refractivity contribution in [2.24, 2.45) is 0 Å². The van der Waals surface area contributed by atoms with Crippen LogP contribution in [0.1, 0.15) is 42.6 Å². The van der Waals surface area contributed by atoms with E-state index in [4.69, 9.17) is 0 Å². The summed E-state index contributed by atoms with van der Waals surface area (Å²) >= 11 is 0. The van der Waals surface area contributed by atoms with Crippen molar-refractivity contribution in [3.63, 3.8) is 0 Å². The van der Waals surface area contributed by atoms with Crippen LogP contribution in [0.25, 0.3) is 0 Å². The molecule has 2 aromatic rings. The first kappa shape index (κ1) is 16.4. The summed E-state index contributed by atoms with van der Waals surface area (Å²) in [5, 5.41) is -1.10. The highest BCUT2D eigenvalue weighted by Crippen LogP contribution is 2.21. The monoisotopic (exact) mass is 316 g/mol. The van der Waals surface area contributed by atoms with E-state index >= 15 is 0 Å². The Labute approximate surface area is 131 Å². The number of carbonyl (C=O) groups excluding carboxylic acids is 1. The summed E-state index contributed by atoms with van der Waals surface area (Å²) < 4.78 is 25.0. The molecule has 0 saturated heterocycles. The van der Waals surface area contributed by atoms with Gasteiger partial charge in [0.05, 0.1) is 4.90 Å². The molecule has 0 aliphatic heterocycles. The summed E-state index contributed by atoms with van der Waals surface area (Å²) in [6.45, 7) is 5.58. The number of hydrogen-bond donors (Lipinski definition) is 0. The third kappa shape index (κ3) is 3.28. The van der Waals surface area contributed by atoms with Gasteiger partial charge < -0.3 is 0 Å². The Morgan fingerprint density at radius 2 is 1.41 bits per heavy atom.